The van der Waals surface area contributed by atoms with E-state index in [9.17, 15) is 33.9 Å². The van der Waals surface area contributed by atoms with Gasteiger partial charge in [-0.15, -0.1) is 0 Å². The van der Waals surface area contributed by atoms with Gasteiger partial charge < -0.3 is 37.6 Å². The first-order valence-electron chi connectivity index (χ1n) is 10.1. The number of nitrogens with one attached hydrogen (secondary N) is 3. The van der Waals surface area contributed by atoms with Gasteiger partial charge in [0.15, 0.2) is 0 Å². The Balaban J connectivity index is 5.52. The first-order chi connectivity index (χ1) is 14.7. The third-order valence-electron chi connectivity index (χ3n) is 4.79. The van der Waals surface area contributed by atoms with Crippen LogP contribution in [0, 0.1) is 11.8 Å². The predicted molar refractivity (Wildman–Crippen MR) is 112 cm³/mol. The van der Waals surface area contributed by atoms with Crippen molar-refractivity contribution >= 4 is 35.6 Å². The molecular formula is C19H33N5O8. The van der Waals surface area contributed by atoms with Gasteiger partial charge in [0.25, 0.3) is 0 Å². The van der Waals surface area contributed by atoms with Crippen molar-refractivity contribution in [3.05, 3.63) is 0 Å². The molecule has 4 amide bonds. The Morgan fingerprint density at radius 1 is 0.812 bits per heavy atom. The van der Waals surface area contributed by atoms with E-state index in [4.69, 9.17) is 16.6 Å². The van der Waals surface area contributed by atoms with Crippen molar-refractivity contribution in [2.24, 2.45) is 23.3 Å². The third kappa shape index (κ3) is 9.73. The van der Waals surface area contributed by atoms with E-state index in [2.05, 4.69) is 16.0 Å². The fraction of sp³-hybridized carbons (Fsp3) is 0.684. The second kappa shape index (κ2) is 13.2. The van der Waals surface area contributed by atoms with E-state index in [1.807, 2.05) is 0 Å². The molecule has 32 heavy (non-hydrogen) atoms. The van der Waals surface area contributed by atoms with E-state index in [0.29, 0.717) is 6.42 Å². The van der Waals surface area contributed by atoms with E-state index >= 15 is 0 Å². The van der Waals surface area contributed by atoms with Gasteiger partial charge in [-0.05, 0) is 11.8 Å². The molecule has 0 spiro atoms. The van der Waals surface area contributed by atoms with Crippen molar-refractivity contribution < 1.29 is 39.0 Å². The number of primary amides is 1. The maximum atomic E-state index is 12.8. The molecule has 0 rings (SSSR count). The van der Waals surface area contributed by atoms with Gasteiger partial charge >= 0.3 is 11.9 Å². The molecule has 0 aromatic rings. The van der Waals surface area contributed by atoms with Crippen LogP contribution in [0.15, 0.2) is 0 Å². The van der Waals surface area contributed by atoms with Gasteiger partial charge in [0, 0.05) is 0 Å². The zero-order valence-electron chi connectivity index (χ0n) is 18.6. The van der Waals surface area contributed by atoms with Gasteiger partial charge in [0.1, 0.15) is 18.1 Å². The van der Waals surface area contributed by atoms with Gasteiger partial charge in [0.2, 0.25) is 23.6 Å². The Morgan fingerprint density at radius 2 is 1.31 bits per heavy atom. The van der Waals surface area contributed by atoms with Crippen LogP contribution in [0.3, 0.4) is 0 Å². The Labute approximate surface area is 185 Å². The first kappa shape index (κ1) is 28.8. The molecule has 0 aromatic heterocycles. The molecule has 0 aliphatic carbocycles. The minimum atomic E-state index is -1.57. The number of hydrogen-bond donors (Lipinski definition) is 7. The number of carbonyl (C=O) groups excluding carboxylic acids is 4. The monoisotopic (exact) mass is 459 g/mol. The zero-order chi connectivity index (χ0) is 25.2. The first-order valence-corrected chi connectivity index (χ1v) is 10.1. The molecule has 0 heterocycles. The number of carboxylic acid groups (broad SMARTS) is 2. The lowest BCUT2D eigenvalue weighted by molar-refractivity contribution is -0.144. The molecule has 0 radical (unpaired) electrons. The van der Waals surface area contributed by atoms with Crippen molar-refractivity contribution in [3.63, 3.8) is 0 Å². The average molecular weight is 460 g/mol. The fourth-order valence-corrected chi connectivity index (χ4v) is 2.68. The van der Waals surface area contributed by atoms with Crippen molar-refractivity contribution in [2.75, 3.05) is 0 Å². The van der Waals surface area contributed by atoms with E-state index in [0.717, 1.165) is 0 Å². The van der Waals surface area contributed by atoms with Gasteiger partial charge in [-0.2, -0.15) is 0 Å². The number of carbonyl (C=O) groups is 6. The summed E-state index contributed by atoms with van der Waals surface area (Å²) in [5, 5.41) is 25.0. The van der Waals surface area contributed by atoms with Crippen molar-refractivity contribution in [1.29, 1.82) is 0 Å². The third-order valence-corrected chi connectivity index (χ3v) is 4.79. The largest absolute Gasteiger partial charge is 0.481 e. The standard InChI is InChI=1S/C19H33N5O8/c1-5-9(4)15(18(30)22-11(19(31)32)7-12(21)25)24-17(29)14(8(2)3)23-16(28)10(20)6-13(26)27/h8-11,14-15H,5-7,20H2,1-4H3,(H2,21,25)(H,22,30)(H,23,28)(H,24,29)(H,26,27)(H,31,32). The topological polar surface area (TPSA) is 231 Å². The molecule has 13 heteroatoms. The Bertz CT molecular complexity index is 727. The lowest BCUT2D eigenvalue weighted by atomic mass is 9.96. The van der Waals surface area contributed by atoms with Crippen LogP contribution in [0.2, 0.25) is 0 Å². The van der Waals surface area contributed by atoms with Crippen molar-refractivity contribution in [3.8, 4) is 0 Å². The highest BCUT2D eigenvalue weighted by Crippen LogP contribution is 2.11. The molecule has 13 nitrogen and oxygen atoms in total. The van der Waals surface area contributed by atoms with E-state index in [1.165, 1.54) is 0 Å². The summed E-state index contributed by atoms with van der Waals surface area (Å²) in [5.74, 6) is -6.98. The summed E-state index contributed by atoms with van der Waals surface area (Å²) >= 11 is 0. The quantitative estimate of drug-likeness (QED) is 0.151. The average Bonchev–Trinajstić information content (AvgIpc) is 2.67. The molecule has 5 unspecified atom stereocenters. The summed E-state index contributed by atoms with van der Waals surface area (Å²) in [6.45, 7) is 6.65. The molecule has 9 N–H and O–H groups in total. The molecule has 0 bridgehead atoms. The highest BCUT2D eigenvalue weighted by molar-refractivity contribution is 5.95. The Morgan fingerprint density at radius 3 is 1.72 bits per heavy atom. The highest BCUT2D eigenvalue weighted by Gasteiger charge is 2.34. The number of nitrogens with two attached hydrogens (primary N) is 2. The minimum Gasteiger partial charge on any atom is -0.481 e. The maximum absolute atomic E-state index is 12.8. The minimum absolute atomic E-state index is 0.431. The van der Waals surface area contributed by atoms with Gasteiger partial charge in [-0.1, -0.05) is 34.1 Å². The van der Waals surface area contributed by atoms with E-state index in [-0.39, 0.29) is 0 Å². The molecule has 5 atom stereocenters. The number of aliphatic carboxylic acids is 2. The molecule has 0 saturated carbocycles. The second-order valence-corrected chi connectivity index (χ2v) is 7.88. The molecule has 0 aliphatic rings. The Kier molecular flexibility index (Phi) is 11.9. The van der Waals surface area contributed by atoms with Crippen LogP contribution in [0.4, 0.5) is 0 Å². The van der Waals surface area contributed by atoms with Crippen LogP contribution in [-0.4, -0.2) is 69.9 Å². The summed E-state index contributed by atoms with van der Waals surface area (Å²) in [6, 6.07) is -5.26. The molecule has 0 aliphatic heterocycles. The maximum Gasteiger partial charge on any atom is 0.326 e. The molecule has 0 saturated heterocycles. The van der Waals surface area contributed by atoms with Crippen LogP contribution in [0.5, 0.6) is 0 Å². The summed E-state index contributed by atoms with van der Waals surface area (Å²) in [5.41, 5.74) is 10.5. The summed E-state index contributed by atoms with van der Waals surface area (Å²) in [4.78, 5) is 70.8. The Hall–Kier alpha value is -3.22. The lowest BCUT2D eigenvalue weighted by Crippen LogP contribution is -2.60. The fourth-order valence-electron chi connectivity index (χ4n) is 2.68. The van der Waals surface area contributed by atoms with Crippen LogP contribution >= 0.6 is 0 Å². The lowest BCUT2D eigenvalue weighted by Gasteiger charge is -2.29. The molecule has 0 fully saturated rings. The van der Waals surface area contributed by atoms with Gasteiger partial charge in [0.05, 0.1) is 18.9 Å². The summed E-state index contributed by atoms with van der Waals surface area (Å²) in [7, 11) is 0. The smallest absolute Gasteiger partial charge is 0.326 e. The van der Waals surface area contributed by atoms with Crippen LogP contribution in [0.1, 0.15) is 47.0 Å². The van der Waals surface area contributed by atoms with Crippen LogP contribution < -0.4 is 27.4 Å². The summed E-state index contributed by atoms with van der Waals surface area (Å²) < 4.78 is 0. The molecule has 0 aromatic carbocycles. The second-order valence-electron chi connectivity index (χ2n) is 7.88. The highest BCUT2D eigenvalue weighted by atomic mass is 16.4. The van der Waals surface area contributed by atoms with Crippen LogP contribution in [0.25, 0.3) is 0 Å². The normalized spacial score (nSPS) is 15.6. The predicted octanol–water partition coefficient (Wildman–Crippen LogP) is -2.10. The van der Waals surface area contributed by atoms with Crippen molar-refractivity contribution in [2.45, 2.75) is 71.1 Å². The number of rotatable bonds is 14. The van der Waals surface area contributed by atoms with Crippen molar-refractivity contribution in [1.82, 2.24) is 16.0 Å². The SMILES string of the molecule is CCC(C)C(NC(=O)C(NC(=O)C(N)CC(=O)O)C(C)C)C(=O)NC(CC(N)=O)C(=O)O. The number of hydrogen-bond acceptors (Lipinski definition) is 7. The summed E-state index contributed by atoms with van der Waals surface area (Å²) in [6.07, 6.45) is -0.824. The van der Waals surface area contributed by atoms with Crippen LogP contribution in [-0.2, 0) is 28.8 Å². The van der Waals surface area contributed by atoms with Gasteiger partial charge in [-0.3, -0.25) is 24.0 Å². The molecular weight excluding hydrogens is 426 g/mol. The van der Waals surface area contributed by atoms with Gasteiger partial charge in [-0.25, -0.2) is 4.79 Å². The molecule has 182 valence electrons. The number of carboxylic acids is 2. The number of amides is 4. The van der Waals surface area contributed by atoms with E-state index in [1.54, 1.807) is 27.7 Å². The van der Waals surface area contributed by atoms with E-state index < -0.39 is 84.4 Å². The zero-order valence-corrected chi connectivity index (χ0v) is 18.6.